The molecule has 2 aromatic rings. The Balaban J connectivity index is 1.45. The number of ether oxygens (including phenoxy) is 1. The first-order valence-electron chi connectivity index (χ1n) is 10.4. The van der Waals surface area contributed by atoms with Crippen molar-refractivity contribution in [1.82, 2.24) is 20.1 Å². The SMILES string of the molecule is COc1ccc(C(=O)NC(NC(=S)N2C[C@H]3C[C@H](C2)c2cccc(=O)n2C3)C(Cl)(Cl)Cl)cc1. The summed E-state index contributed by atoms with van der Waals surface area (Å²) in [7, 11) is 1.55. The molecule has 1 amide bonds. The third kappa shape index (κ3) is 5.40. The molecule has 2 N–H and O–H groups in total. The van der Waals surface area contributed by atoms with Crippen LogP contribution in [0.4, 0.5) is 0 Å². The molecule has 0 saturated carbocycles. The highest BCUT2D eigenvalue weighted by atomic mass is 35.6. The van der Waals surface area contributed by atoms with E-state index in [-0.39, 0.29) is 17.4 Å². The van der Waals surface area contributed by atoms with Crippen molar-refractivity contribution in [1.29, 1.82) is 0 Å². The smallest absolute Gasteiger partial charge is 0.252 e. The fraction of sp³-hybridized carbons (Fsp3) is 0.409. The van der Waals surface area contributed by atoms with Crippen LogP contribution in [0.1, 0.15) is 28.4 Å². The molecule has 1 aromatic heterocycles. The molecule has 1 unspecified atom stereocenters. The average Bonchev–Trinajstić information content (AvgIpc) is 2.78. The van der Waals surface area contributed by atoms with Crippen molar-refractivity contribution in [3.63, 3.8) is 0 Å². The number of likely N-dealkylation sites (tertiary alicyclic amines) is 1. The van der Waals surface area contributed by atoms with Crippen LogP contribution in [0.5, 0.6) is 5.75 Å². The first kappa shape index (κ1) is 24.1. The Hall–Kier alpha value is -2.00. The van der Waals surface area contributed by atoms with E-state index in [2.05, 4.69) is 10.6 Å². The molecule has 1 aromatic carbocycles. The Morgan fingerprint density at radius 2 is 1.85 bits per heavy atom. The Morgan fingerprint density at radius 3 is 2.52 bits per heavy atom. The Labute approximate surface area is 211 Å². The summed E-state index contributed by atoms with van der Waals surface area (Å²) in [5.74, 6) is 0.652. The predicted octanol–water partition coefficient (Wildman–Crippen LogP) is 3.28. The molecular formula is C22H23Cl3N4O3S. The van der Waals surface area contributed by atoms with Crippen molar-refractivity contribution in [2.45, 2.75) is 28.8 Å². The molecular weight excluding hydrogens is 507 g/mol. The third-order valence-corrected chi connectivity index (χ3v) is 7.02. The number of halogens is 3. The Kier molecular flexibility index (Phi) is 7.09. The molecule has 0 spiro atoms. The Morgan fingerprint density at radius 1 is 1.12 bits per heavy atom. The van der Waals surface area contributed by atoms with Gasteiger partial charge in [0.25, 0.3) is 11.5 Å². The fourth-order valence-corrected chi connectivity index (χ4v) is 5.03. The van der Waals surface area contributed by atoms with Crippen molar-refractivity contribution in [3.8, 4) is 5.75 Å². The molecule has 2 aliphatic rings. The molecule has 0 radical (unpaired) electrons. The van der Waals surface area contributed by atoms with Crippen LogP contribution in [0.15, 0.2) is 47.3 Å². The van der Waals surface area contributed by atoms with Gasteiger partial charge in [0.15, 0.2) is 5.11 Å². The monoisotopic (exact) mass is 528 g/mol. The highest BCUT2D eigenvalue weighted by Crippen LogP contribution is 2.35. The van der Waals surface area contributed by atoms with E-state index >= 15 is 0 Å². The van der Waals surface area contributed by atoms with Gasteiger partial charge in [0.2, 0.25) is 3.79 Å². The first-order chi connectivity index (χ1) is 15.7. The van der Waals surface area contributed by atoms with Crippen LogP contribution in [-0.4, -0.2) is 50.6 Å². The number of hydrogen-bond acceptors (Lipinski definition) is 4. The van der Waals surface area contributed by atoms with E-state index < -0.39 is 15.9 Å². The standard InChI is InChI=1S/C22H23Cl3N4O3S/c1-32-16-7-5-14(6-8-16)19(31)26-20(22(23,24)25)27-21(33)28-10-13-9-15(12-28)17-3-2-4-18(30)29(17)11-13/h2-8,13,15,20H,9-12H2,1H3,(H,26,31)(H,27,33)/t13-,15-,20?/m1/s1. The molecule has 2 bridgehead atoms. The third-order valence-electron chi connectivity index (χ3n) is 5.99. The summed E-state index contributed by atoms with van der Waals surface area (Å²) in [6, 6.07) is 11.9. The van der Waals surface area contributed by atoms with Gasteiger partial charge in [0.1, 0.15) is 11.9 Å². The summed E-state index contributed by atoms with van der Waals surface area (Å²) in [6.45, 7) is 1.94. The normalized spacial score (nSPS) is 20.4. The molecule has 7 nitrogen and oxygen atoms in total. The quantitative estimate of drug-likeness (QED) is 0.360. The molecule has 176 valence electrons. The van der Waals surface area contributed by atoms with E-state index in [1.807, 2.05) is 15.5 Å². The summed E-state index contributed by atoms with van der Waals surface area (Å²) in [5, 5.41) is 6.10. The van der Waals surface area contributed by atoms with Gasteiger partial charge < -0.3 is 24.8 Å². The number of alkyl halides is 3. The van der Waals surface area contributed by atoms with Crippen molar-refractivity contribution in [2.24, 2.45) is 5.92 Å². The van der Waals surface area contributed by atoms with Crippen LogP contribution in [0, 0.1) is 5.92 Å². The first-order valence-corrected chi connectivity index (χ1v) is 12.0. The summed E-state index contributed by atoms with van der Waals surface area (Å²) in [6.07, 6.45) is -0.0636. The number of thiocarbonyl (C=S) groups is 1. The zero-order valence-corrected chi connectivity index (χ0v) is 20.8. The fourth-order valence-electron chi connectivity index (χ4n) is 4.43. The van der Waals surface area contributed by atoms with Crippen LogP contribution in [0.3, 0.4) is 0 Å². The van der Waals surface area contributed by atoms with E-state index in [4.69, 9.17) is 51.8 Å². The number of nitrogens with zero attached hydrogens (tertiary/aromatic N) is 2. The lowest BCUT2D eigenvalue weighted by Crippen LogP contribution is -2.60. The van der Waals surface area contributed by atoms with Gasteiger partial charge in [-0.05, 0) is 54.9 Å². The van der Waals surface area contributed by atoms with Gasteiger partial charge in [0.05, 0.1) is 7.11 Å². The maximum absolute atomic E-state index is 12.7. The zero-order valence-electron chi connectivity index (χ0n) is 17.8. The summed E-state index contributed by atoms with van der Waals surface area (Å²) in [4.78, 5) is 27.0. The van der Waals surface area contributed by atoms with E-state index in [9.17, 15) is 9.59 Å². The van der Waals surface area contributed by atoms with Crippen LogP contribution in [0.2, 0.25) is 0 Å². The van der Waals surface area contributed by atoms with Crippen LogP contribution < -0.4 is 20.9 Å². The summed E-state index contributed by atoms with van der Waals surface area (Å²) < 4.78 is 5.12. The number of rotatable bonds is 4. The largest absolute Gasteiger partial charge is 0.497 e. The lowest BCUT2D eigenvalue weighted by Gasteiger charge is -2.44. The molecule has 4 rings (SSSR count). The van der Waals surface area contributed by atoms with Gasteiger partial charge in [-0.1, -0.05) is 40.9 Å². The molecule has 11 heteroatoms. The molecule has 3 heterocycles. The van der Waals surface area contributed by atoms with E-state index in [1.165, 1.54) is 0 Å². The predicted molar refractivity (Wildman–Crippen MR) is 133 cm³/mol. The minimum atomic E-state index is -1.85. The van der Waals surface area contributed by atoms with Gasteiger partial charge >= 0.3 is 0 Å². The number of carbonyl (C=O) groups excluding carboxylic acids is 1. The number of amides is 1. The highest BCUT2D eigenvalue weighted by molar-refractivity contribution is 7.80. The maximum Gasteiger partial charge on any atom is 0.252 e. The number of methoxy groups -OCH3 is 1. The van der Waals surface area contributed by atoms with E-state index in [0.29, 0.717) is 36.1 Å². The highest BCUT2D eigenvalue weighted by Gasteiger charge is 2.39. The molecule has 3 atom stereocenters. The van der Waals surface area contributed by atoms with Crippen LogP contribution in [0.25, 0.3) is 0 Å². The topological polar surface area (TPSA) is 75.6 Å². The number of carbonyl (C=O) groups is 1. The minimum absolute atomic E-state index is 0.0221. The van der Waals surface area contributed by atoms with Crippen molar-refractivity contribution in [3.05, 3.63) is 64.1 Å². The van der Waals surface area contributed by atoms with Crippen LogP contribution >= 0.6 is 47.0 Å². The average molecular weight is 530 g/mol. The van der Waals surface area contributed by atoms with Gasteiger partial charge in [-0.3, -0.25) is 9.59 Å². The lowest BCUT2D eigenvalue weighted by atomic mass is 9.83. The number of piperidine rings is 1. The molecule has 33 heavy (non-hydrogen) atoms. The number of hydrogen-bond donors (Lipinski definition) is 2. The van der Waals surface area contributed by atoms with Gasteiger partial charge in [-0.15, -0.1) is 0 Å². The molecule has 1 fully saturated rings. The molecule has 2 aliphatic heterocycles. The van der Waals surface area contributed by atoms with E-state index in [1.54, 1.807) is 43.5 Å². The maximum atomic E-state index is 12.7. The summed E-state index contributed by atoms with van der Waals surface area (Å²) >= 11 is 24.1. The minimum Gasteiger partial charge on any atom is -0.497 e. The number of aromatic nitrogens is 1. The van der Waals surface area contributed by atoms with Crippen molar-refractivity contribution in [2.75, 3.05) is 20.2 Å². The lowest BCUT2D eigenvalue weighted by molar-refractivity contribution is 0.0932. The molecule has 1 saturated heterocycles. The van der Waals surface area contributed by atoms with Gasteiger partial charge in [0, 0.05) is 42.9 Å². The second kappa shape index (κ2) is 9.70. The van der Waals surface area contributed by atoms with Crippen molar-refractivity contribution < 1.29 is 9.53 Å². The van der Waals surface area contributed by atoms with Gasteiger partial charge in [-0.2, -0.15) is 0 Å². The van der Waals surface area contributed by atoms with Gasteiger partial charge in [-0.25, -0.2) is 0 Å². The second-order valence-electron chi connectivity index (χ2n) is 8.23. The second-order valence-corrected chi connectivity index (χ2v) is 11.0. The van der Waals surface area contributed by atoms with E-state index in [0.717, 1.165) is 12.1 Å². The summed E-state index contributed by atoms with van der Waals surface area (Å²) in [5.41, 5.74) is 1.42. The van der Waals surface area contributed by atoms with Crippen molar-refractivity contribution >= 4 is 58.0 Å². The van der Waals surface area contributed by atoms with Crippen LogP contribution in [-0.2, 0) is 6.54 Å². The number of nitrogens with one attached hydrogen (secondary N) is 2. The number of pyridine rings is 1. The zero-order chi connectivity index (χ0) is 23.8. The number of fused-ring (bicyclic) bond motifs is 4. The molecule has 0 aliphatic carbocycles. The number of benzene rings is 1. The Bertz CT molecular complexity index is 1100.